The maximum absolute atomic E-state index is 9.51. The predicted molar refractivity (Wildman–Crippen MR) is 59.4 cm³/mol. The average molecular weight is 214 g/mol. The summed E-state index contributed by atoms with van der Waals surface area (Å²) >= 11 is 0. The molecule has 1 saturated carbocycles. The van der Waals surface area contributed by atoms with E-state index in [9.17, 15) is 5.11 Å². The highest BCUT2D eigenvalue weighted by atomic mass is 16.6. The number of hydrogen-bond acceptors (Lipinski definition) is 3. The van der Waals surface area contributed by atoms with Crippen molar-refractivity contribution in [3.63, 3.8) is 0 Å². The third kappa shape index (κ3) is 5.30. The fraction of sp³-hybridized carbons (Fsp3) is 0.833. The van der Waals surface area contributed by atoms with Crippen LogP contribution in [-0.2, 0) is 4.74 Å². The van der Waals surface area contributed by atoms with Crippen molar-refractivity contribution in [2.75, 3.05) is 6.61 Å². The van der Waals surface area contributed by atoms with Crippen LogP contribution in [0.5, 0.6) is 0 Å². The van der Waals surface area contributed by atoms with Gasteiger partial charge in [0, 0.05) is 0 Å². The molecule has 2 unspecified atom stereocenters. The van der Waals surface area contributed by atoms with E-state index in [1.54, 1.807) is 13.0 Å². The summed E-state index contributed by atoms with van der Waals surface area (Å²) in [5, 5.41) is 18.5. The Morgan fingerprint density at radius 3 is 2.53 bits per heavy atom. The van der Waals surface area contributed by atoms with E-state index in [-0.39, 0.29) is 6.61 Å². The number of allylic oxidation sites excluding steroid dienone is 1. The minimum absolute atomic E-state index is 0.182. The Hall–Kier alpha value is -0.380. The van der Waals surface area contributed by atoms with Crippen LogP contribution in [0.2, 0.25) is 0 Å². The van der Waals surface area contributed by atoms with Crippen molar-refractivity contribution in [3.8, 4) is 0 Å². The van der Waals surface area contributed by atoms with Crippen molar-refractivity contribution in [2.24, 2.45) is 5.92 Å². The standard InChI is InChI=1S/C12H22O3/c1-9-3-5-11(6-4-9)7-12(14)15-8-10(2)13/h7,9-10,12-14H,3-6,8H2,1-2H3. The first kappa shape index (κ1) is 12.7. The van der Waals surface area contributed by atoms with Gasteiger partial charge in [-0.05, 0) is 44.6 Å². The summed E-state index contributed by atoms with van der Waals surface area (Å²) < 4.78 is 5.06. The van der Waals surface area contributed by atoms with Gasteiger partial charge in [-0.25, -0.2) is 0 Å². The molecule has 1 fully saturated rings. The van der Waals surface area contributed by atoms with Gasteiger partial charge in [0.25, 0.3) is 0 Å². The highest BCUT2D eigenvalue weighted by Crippen LogP contribution is 2.27. The van der Waals surface area contributed by atoms with Gasteiger partial charge in [-0.2, -0.15) is 0 Å². The van der Waals surface area contributed by atoms with Crippen LogP contribution in [0.25, 0.3) is 0 Å². The van der Waals surface area contributed by atoms with Crippen molar-refractivity contribution < 1.29 is 14.9 Å². The molecule has 0 saturated heterocycles. The third-order valence-electron chi connectivity index (χ3n) is 2.80. The van der Waals surface area contributed by atoms with Gasteiger partial charge in [0.15, 0.2) is 6.29 Å². The van der Waals surface area contributed by atoms with Gasteiger partial charge in [-0.15, -0.1) is 0 Å². The topological polar surface area (TPSA) is 49.7 Å². The van der Waals surface area contributed by atoms with Crippen LogP contribution in [0.1, 0.15) is 39.5 Å². The minimum atomic E-state index is -0.858. The molecule has 0 aromatic rings. The lowest BCUT2D eigenvalue weighted by atomic mass is 9.87. The van der Waals surface area contributed by atoms with Gasteiger partial charge >= 0.3 is 0 Å². The molecule has 2 N–H and O–H groups in total. The molecule has 0 spiro atoms. The number of hydrogen-bond donors (Lipinski definition) is 2. The van der Waals surface area contributed by atoms with Gasteiger partial charge < -0.3 is 14.9 Å². The zero-order chi connectivity index (χ0) is 11.3. The van der Waals surface area contributed by atoms with E-state index in [0.29, 0.717) is 0 Å². The molecule has 3 nitrogen and oxygen atoms in total. The molecule has 1 aliphatic carbocycles. The second-order valence-electron chi connectivity index (χ2n) is 4.58. The van der Waals surface area contributed by atoms with E-state index in [1.165, 1.54) is 18.4 Å². The summed E-state index contributed by atoms with van der Waals surface area (Å²) in [5.41, 5.74) is 1.28. The number of aliphatic hydroxyl groups excluding tert-OH is 2. The summed E-state index contributed by atoms with van der Waals surface area (Å²) in [5.74, 6) is 0.803. The Morgan fingerprint density at radius 1 is 1.40 bits per heavy atom. The monoisotopic (exact) mass is 214 g/mol. The van der Waals surface area contributed by atoms with Crippen molar-refractivity contribution in [2.45, 2.75) is 51.9 Å². The Morgan fingerprint density at radius 2 is 2.00 bits per heavy atom. The van der Waals surface area contributed by atoms with E-state index in [1.807, 2.05) is 0 Å². The van der Waals surface area contributed by atoms with Gasteiger partial charge in [0.2, 0.25) is 0 Å². The average Bonchev–Trinajstić information content (AvgIpc) is 2.19. The smallest absolute Gasteiger partial charge is 0.174 e. The Labute approximate surface area is 91.8 Å². The van der Waals surface area contributed by atoms with Gasteiger partial charge in [0.1, 0.15) is 0 Å². The quantitative estimate of drug-likeness (QED) is 0.554. The SMILES string of the molecule is CC(O)COC(O)C=C1CCC(C)CC1. The molecule has 1 aliphatic rings. The first-order valence-electron chi connectivity index (χ1n) is 5.75. The van der Waals surface area contributed by atoms with Crippen LogP contribution in [0, 0.1) is 5.92 Å². The second-order valence-corrected chi connectivity index (χ2v) is 4.58. The van der Waals surface area contributed by atoms with Crippen molar-refractivity contribution in [1.29, 1.82) is 0 Å². The van der Waals surface area contributed by atoms with Crippen molar-refractivity contribution >= 4 is 0 Å². The highest BCUT2D eigenvalue weighted by Gasteiger charge is 2.13. The van der Waals surface area contributed by atoms with Gasteiger partial charge in [-0.3, -0.25) is 0 Å². The number of rotatable bonds is 4. The van der Waals surface area contributed by atoms with Gasteiger partial charge in [0.05, 0.1) is 12.7 Å². The van der Waals surface area contributed by atoms with Crippen LogP contribution in [-0.4, -0.2) is 29.2 Å². The third-order valence-corrected chi connectivity index (χ3v) is 2.80. The molecule has 88 valence electrons. The molecule has 2 atom stereocenters. The summed E-state index contributed by atoms with van der Waals surface area (Å²) in [6, 6.07) is 0. The number of aliphatic hydroxyl groups is 2. The maximum atomic E-state index is 9.51. The molecule has 3 heteroatoms. The van der Waals surface area contributed by atoms with Crippen molar-refractivity contribution in [1.82, 2.24) is 0 Å². The van der Waals surface area contributed by atoms with Crippen LogP contribution in [0.3, 0.4) is 0 Å². The molecule has 0 aliphatic heterocycles. The lowest BCUT2D eigenvalue weighted by Gasteiger charge is -2.21. The number of ether oxygens (including phenoxy) is 1. The van der Waals surface area contributed by atoms with Crippen molar-refractivity contribution in [3.05, 3.63) is 11.6 Å². The molecule has 0 amide bonds. The largest absolute Gasteiger partial charge is 0.391 e. The summed E-state index contributed by atoms with van der Waals surface area (Å²) in [6.45, 7) is 4.08. The summed E-state index contributed by atoms with van der Waals surface area (Å²) in [7, 11) is 0. The van der Waals surface area contributed by atoms with E-state index in [0.717, 1.165) is 18.8 Å². The van der Waals surface area contributed by atoms with Gasteiger partial charge in [-0.1, -0.05) is 12.5 Å². The van der Waals surface area contributed by atoms with E-state index in [4.69, 9.17) is 9.84 Å². The first-order chi connectivity index (χ1) is 7.08. The molecule has 0 aromatic heterocycles. The molecule has 1 rings (SSSR count). The normalized spacial score (nSPS) is 26.1. The molecule has 0 bridgehead atoms. The second kappa shape index (κ2) is 6.26. The van der Waals surface area contributed by atoms with Crippen LogP contribution in [0.4, 0.5) is 0 Å². The molecule has 0 heterocycles. The molecule has 15 heavy (non-hydrogen) atoms. The van der Waals surface area contributed by atoms with Crippen LogP contribution < -0.4 is 0 Å². The summed E-state index contributed by atoms with van der Waals surface area (Å²) in [4.78, 5) is 0. The molecular weight excluding hydrogens is 192 g/mol. The molecular formula is C12H22O3. The highest BCUT2D eigenvalue weighted by molar-refractivity contribution is 5.06. The lowest BCUT2D eigenvalue weighted by Crippen LogP contribution is -2.18. The first-order valence-corrected chi connectivity index (χ1v) is 5.75. The zero-order valence-corrected chi connectivity index (χ0v) is 9.65. The Kier molecular flexibility index (Phi) is 5.29. The maximum Gasteiger partial charge on any atom is 0.174 e. The lowest BCUT2D eigenvalue weighted by molar-refractivity contribution is -0.0890. The molecule has 0 aromatic carbocycles. The van der Waals surface area contributed by atoms with E-state index >= 15 is 0 Å². The van der Waals surface area contributed by atoms with E-state index < -0.39 is 12.4 Å². The fourth-order valence-corrected chi connectivity index (χ4v) is 1.79. The predicted octanol–water partition coefficient (Wildman–Crippen LogP) is 1.84. The minimum Gasteiger partial charge on any atom is -0.391 e. The Bertz CT molecular complexity index is 201. The summed E-state index contributed by atoms with van der Waals surface area (Å²) in [6.07, 6.45) is 4.94. The fourth-order valence-electron chi connectivity index (χ4n) is 1.79. The molecule has 0 radical (unpaired) electrons. The van der Waals surface area contributed by atoms with E-state index in [2.05, 4.69) is 6.92 Å². The Balaban J connectivity index is 2.28. The van der Waals surface area contributed by atoms with Crippen LogP contribution in [0.15, 0.2) is 11.6 Å². The van der Waals surface area contributed by atoms with Crippen LogP contribution >= 0.6 is 0 Å². The zero-order valence-electron chi connectivity index (χ0n) is 9.65.